The molecule has 1 aromatic carbocycles. The van der Waals surface area contributed by atoms with Crippen molar-refractivity contribution in [1.29, 1.82) is 0 Å². The number of hydrogen-bond donors (Lipinski definition) is 4. The molecule has 0 bridgehead atoms. The molecule has 0 fully saturated rings. The number of carbonyl (C=O) groups is 8. The second-order valence-electron chi connectivity index (χ2n) is 16.3. The number of aliphatic hydroxyl groups is 1. The molecule has 1 unspecified atom stereocenters. The number of amides is 3. The van der Waals surface area contributed by atoms with Crippen LogP contribution in [0.5, 0.6) is 0 Å². The zero-order chi connectivity index (χ0) is 53.9. The van der Waals surface area contributed by atoms with E-state index < -0.39 is 36.1 Å². The van der Waals surface area contributed by atoms with Crippen molar-refractivity contribution in [2.45, 2.75) is 47.8 Å². The first-order valence-electron chi connectivity index (χ1n) is 24.1. The van der Waals surface area contributed by atoms with Gasteiger partial charge in [-0.05, 0) is 127 Å². The predicted molar refractivity (Wildman–Crippen MR) is 278 cm³/mol. The first-order valence-corrected chi connectivity index (χ1v) is 24.1. The Labute approximate surface area is 431 Å². The normalized spacial score (nSPS) is 11.3. The van der Waals surface area contributed by atoms with Crippen LogP contribution >= 0.6 is 0 Å². The van der Waals surface area contributed by atoms with E-state index in [9.17, 15) is 43.5 Å². The van der Waals surface area contributed by atoms with E-state index in [1.807, 2.05) is 18.2 Å². The molecule has 6 aliphatic rings. The van der Waals surface area contributed by atoms with Crippen LogP contribution in [0.4, 0.5) is 17.1 Å². The predicted octanol–water partition coefficient (Wildman–Crippen LogP) is 9.62. The quantitative estimate of drug-likeness (QED) is 0.0214. The molecule has 18 nitrogen and oxygen atoms in total. The highest BCUT2D eigenvalue weighted by molar-refractivity contribution is 6.19. The molecule has 0 spiro atoms. The fourth-order valence-corrected chi connectivity index (χ4v) is 9.16. The molecule has 4 N–H and O–H groups in total. The van der Waals surface area contributed by atoms with Gasteiger partial charge in [-0.25, -0.2) is 24.0 Å². The minimum Gasteiger partial charge on any atom is -0.462 e. The minimum atomic E-state index is -1.55. The average molecular weight is 1020 g/mol. The molecule has 75 heavy (non-hydrogen) atoms. The Balaban J connectivity index is 1.55. The van der Waals surface area contributed by atoms with Crippen molar-refractivity contribution in [3.8, 4) is 66.8 Å². The number of anilines is 3. The summed E-state index contributed by atoms with van der Waals surface area (Å²) >= 11 is 0. The Bertz CT molecular complexity index is 3000. The fourth-order valence-electron chi connectivity index (χ4n) is 9.16. The number of rotatable bonds is 22. The lowest BCUT2D eigenvalue weighted by Gasteiger charge is -2.13. The van der Waals surface area contributed by atoms with Crippen LogP contribution in [0.3, 0.4) is 0 Å². The van der Waals surface area contributed by atoms with Gasteiger partial charge in [-0.1, -0.05) is 72.8 Å². The van der Waals surface area contributed by atoms with Gasteiger partial charge in [0.15, 0.2) is 6.29 Å². The summed E-state index contributed by atoms with van der Waals surface area (Å²) in [6, 6.07) is 26.0. The van der Waals surface area contributed by atoms with Crippen molar-refractivity contribution in [1.82, 2.24) is 0 Å². The number of esters is 5. The van der Waals surface area contributed by atoms with Gasteiger partial charge < -0.3 is 49.5 Å². The van der Waals surface area contributed by atoms with Crippen LogP contribution in [0.15, 0.2) is 91.0 Å². The Morgan fingerprint density at radius 1 is 0.387 bits per heavy atom. The molecule has 0 aromatic heterocycles. The number of ether oxygens (including phenoxy) is 6. The summed E-state index contributed by atoms with van der Waals surface area (Å²) in [6.45, 7) is 9.96. The molecule has 386 valence electrons. The number of nitrogens with one attached hydrogen (secondary N) is 3. The lowest BCUT2D eigenvalue weighted by Crippen LogP contribution is -2.11. The van der Waals surface area contributed by atoms with E-state index in [-0.39, 0.29) is 112 Å². The SMILES string of the molecule is CCOC(=O)c1c2ccc(-c3cc(-c4ccc5c(C(=O)OCC)c(NC=O)c(C(=O)OCC)c-5cc4)cc(-c4ccc5c(C(=O)OCC)c(NC=O)c(C(O)OCC)c-5cc4)c3)ccc-2c(C(=O)OCC)c1NC=O. The maximum absolute atomic E-state index is 13.6. The van der Waals surface area contributed by atoms with Gasteiger partial charge in [-0.2, -0.15) is 0 Å². The summed E-state index contributed by atoms with van der Waals surface area (Å²) in [5.41, 5.74) is 5.28. The highest BCUT2D eigenvalue weighted by atomic mass is 16.6. The molecule has 3 amide bonds. The smallest absolute Gasteiger partial charge is 0.340 e. The number of carbonyl (C=O) groups excluding carboxylic acids is 8. The molecule has 18 heteroatoms. The van der Waals surface area contributed by atoms with Gasteiger partial charge >= 0.3 is 29.8 Å². The zero-order valence-corrected chi connectivity index (χ0v) is 41.9. The largest absolute Gasteiger partial charge is 0.462 e. The maximum Gasteiger partial charge on any atom is 0.340 e. The second-order valence-corrected chi connectivity index (χ2v) is 16.3. The molecule has 0 saturated heterocycles. The van der Waals surface area contributed by atoms with Crippen LogP contribution in [-0.2, 0) is 42.8 Å². The van der Waals surface area contributed by atoms with Crippen LogP contribution in [0.1, 0.15) is 105 Å². The highest BCUT2D eigenvalue weighted by Crippen LogP contribution is 2.47. The molecule has 0 radical (unpaired) electrons. The summed E-state index contributed by atoms with van der Waals surface area (Å²) < 4.78 is 32.6. The van der Waals surface area contributed by atoms with Gasteiger partial charge in [0.05, 0.1) is 77.9 Å². The Kier molecular flexibility index (Phi) is 17.3. The van der Waals surface area contributed by atoms with E-state index in [1.165, 1.54) is 0 Å². The third kappa shape index (κ3) is 10.6. The van der Waals surface area contributed by atoms with E-state index in [4.69, 9.17) is 28.4 Å². The molecule has 1 aromatic rings. The second kappa shape index (κ2) is 24.1. The molecule has 6 aliphatic carbocycles. The Morgan fingerprint density at radius 2 is 0.640 bits per heavy atom. The van der Waals surface area contributed by atoms with Crippen molar-refractivity contribution in [2.75, 3.05) is 55.6 Å². The highest BCUT2D eigenvalue weighted by Gasteiger charge is 2.35. The topological polar surface area (TPSA) is 248 Å². The number of benzene rings is 1. The standard InChI is InChI=1S/C57H53N3O15/c1-7-70-52(64)43-37-19-13-31(14-20-38(37)44(49(43)58-28-61)53(65)71-8-2)34-25-35(32-15-21-39-40(22-16-32)46(55(67)73-10-4)50(59-29-62)45(39)54(66)72-9-3)27-36(26-34)33-17-23-41-42(24-18-33)48(57(69)75-12-6)51(60-30-63)47(41)56(68)74-11-5/h13-30,52,64H,7-12H2,1-6H3,(H,58,61)(H,59,62)(H,60,63). The van der Waals surface area contributed by atoms with Gasteiger partial charge in [0.1, 0.15) is 0 Å². The van der Waals surface area contributed by atoms with Crippen LogP contribution in [-0.4, -0.2) is 93.8 Å². The van der Waals surface area contributed by atoms with Crippen molar-refractivity contribution in [2.24, 2.45) is 0 Å². The number of aliphatic hydroxyl groups excluding tert-OH is 1. The van der Waals surface area contributed by atoms with Crippen molar-refractivity contribution in [3.63, 3.8) is 0 Å². The lowest BCUT2D eigenvalue weighted by atomic mass is 9.94. The van der Waals surface area contributed by atoms with Crippen LogP contribution < -0.4 is 16.0 Å². The summed E-state index contributed by atoms with van der Waals surface area (Å²) in [5.74, 6) is -3.88. The van der Waals surface area contributed by atoms with Gasteiger partial charge in [0.2, 0.25) is 19.2 Å². The molecular weight excluding hydrogens is 967 g/mol. The summed E-state index contributed by atoms with van der Waals surface area (Å²) in [7, 11) is 0. The first-order chi connectivity index (χ1) is 36.4. The van der Waals surface area contributed by atoms with Crippen molar-refractivity contribution < 1.29 is 71.9 Å². The Morgan fingerprint density at radius 3 is 0.907 bits per heavy atom. The summed E-state index contributed by atoms with van der Waals surface area (Å²) in [6.07, 6.45) is -0.451. The van der Waals surface area contributed by atoms with Crippen molar-refractivity contribution >= 4 is 66.1 Å². The van der Waals surface area contributed by atoms with Gasteiger partial charge in [0.25, 0.3) is 0 Å². The first kappa shape index (κ1) is 53.8. The lowest BCUT2D eigenvalue weighted by molar-refractivity contribution is -0.106. The van der Waals surface area contributed by atoms with E-state index in [0.717, 1.165) is 0 Å². The van der Waals surface area contributed by atoms with Gasteiger partial charge in [-0.3, -0.25) is 14.4 Å². The van der Waals surface area contributed by atoms with Crippen LogP contribution in [0.25, 0.3) is 66.8 Å². The monoisotopic (exact) mass is 1020 g/mol. The summed E-state index contributed by atoms with van der Waals surface area (Å²) in [4.78, 5) is 104. The molecule has 0 saturated carbocycles. The third-order valence-corrected chi connectivity index (χ3v) is 12.1. The maximum atomic E-state index is 13.6. The van der Waals surface area contributed by atoms with Crippen LogP contribution in [0, 0.1) is 0 Å². The van der Waals surface area contributed by atoms with E-state index in [1.54, 1.807) is 114 Å². The molecule has 0 heterocycles. The molecular formula is C57H53N3O15. The van der Waals surface area contributed by atoms with E-state index in [0.29, 0.717) is 63.7 Å². The number of fused-ring (bicyclic) bond motifs is 3. The number of hydrogen-bond acceptors (Lipinski definition) is 15. The van der Waals surface area contributed by atoms with Gasteiger partial charge in [-0.15, -0.1) is 0 Å². The third-order valence-electron chi connectivity index (χ3n) is 12.1. The zero-order valence-electron chi connectivity index (χ0n) is 41.9. The molecule has 1 atom stereocenters. The fraction of sp³-hybridized carbons (Fsp3) is 0.228. The minimum absolute atomic E-state index is 0.00224. The molecule has 0 aliphatic heterocycles. The molecule has 7 rings (SSSR count). The average Bonchev–Trinajstić information content (AvgIpc) is 3.71. The Hall–Kier alpha value is -9.00. The van der Waals surface area contributed by atoms with Crippen molar-refractivity contribution in [3.05, 3.63) is 124 Å². The van der Waals surface area contributed by atoms with Gasteiger partial charge in [0, 0.05) is 12.2 Å². The van der Waals surface area contributed by atoms with E-state index in [2.05, 4.69) is 16.0 Å². The van der Waals surface area contributed by atoms with E-state index >= 15 is 0 Å². The van der Waals surface area contributed by atoms with Crippen LogP contribution in [0.2, 0.25) is 0 Å². The summed E-state index contributed by atoms with van der Waals surface area (Å²) in [5, 5.41) is 18.9.